The standard InChI is InChI=1S/C18H24N2O4/c1-13(21)7-8-17(22)19-14-9-11-20(12-10-14)18(23)15-5-3-4-6-16(15)24-2/h3-6,14H,7-12H2,1-2H3,(H,19,22). The zero-order valence-corrected chi connectivity index (χ0v) is 14.2. The minimum absolute atomic E-state index is 0.0161. The van der Waals surface area contributed by atoms with Gasteiger partial charge in [0.05, 0.1) is 12.7 Å². The number of carbonyl (C=O) groups is 3. The number of piperidine rings is 1. The summed E-state index contributed by atoms with van der Waals surface area (Å²) in [5.41, 5.74) is 0.559. The van der Waals surface area contributed by atoms with E-state index in [1.807, 2.05) is 12.1 Å². The Morgan fingerprint density at radius 2 is 1.83 bits per heavy atom. The van der Waals surface area contributed by atoms with Crippen LogP contribution in [0.15, 0.2) is 24.3 Å². The van der Waals surface area contributed by atoms with E-state index in [-0.39, 0.29) is 36.5 Å². The van der Waals surface area contributed by atoms with Gasteiger partial charge in [-0.05, 0) is 31.9 Å². The van der Waals surface area contributed by atoms with Crippen molar-refractivity contribution in [2.75, 3.05) is 20.2 Å². The number of carbonyl (C=O) groups excluding carboxylic acids is 3. The van der Waals surface area contributed by atoms with Crippen molar-refractivity contribution in [2.24, 2.45) is 0 Å². The van der Waals surface area contributed by atoms with E-state index in [0.717, 1.165) is 0 Å². The second kappa shape index (κ2) is 8.47. The number of ketones is 1. The average molecular weight is 332 g/mol. The minimum Gasteiger partial charge on any atom is -0.496 e. The highest BCUT2D eigenvalue weighted by Crippen LogP contribution is 2.21. The Kier molecular flexibility index (Phi) is 6.35. The predicted molar refractivity (Wildman–Crippen MR) is 90.0 cm³/mol. The fourth-order valence-corrected chi connectivity index (χ4v) is 2.81. The third-order valence-electron chi connectivity index (χ3n) is 4.19. The van der Waals surface area contributed by atoms with E-state index in [2.05, 4.69) is 5.32 Å². The summed E-state index contributed by atoms with van der Waals surface area (Å²) in [6, 6.07) is 7.24. The van der Waals surface area contributed by atoms with E-state index in [9.17, 15) is 14.4 Å². The molecule has 1 aromatic carbocycles. The second-order valence-corrected chi connectivity index (χ2v) is 6.04. The number of ether oxygens (including phenoxy) is 1. The van der Waals surface area contributed by atoms with Crippen LogP contribution in [0.4, 0.5) is 0 Å². The molecular formula is C18H24N2O4. The number of nitrogens with zero attached hydrogens (tertiary/aromatic N) is 1. The minimum atomic E-state index is -0.0975. The molecule has 1 fully saturated rings. The van der Waals surface area contributed by atoms with Gasteiger partial charge in [-0.1, -0.05) is 12.1 Å². The van der Waals surface area contributed by atoms with Crippen LogP contribution in [0.5, 0.6) is 5.75 Å². The van der Waals surface area contributed by atoms with Crippen LogP contribution in [0.1, 0.15) is 43.0 Å². The molecule has 1 N–H and O–H groups in total. The van der Waals surface area contributed by atoms with Crippen LogP contribution in [-0.4, -0.2) is 48.7 Å². The van der Waals surface area contributed by atoms with Crippen molar-refractivity contribution in [2.45, 2.75) is 38.6 Å². The van der Waals surface area contributed by atoms with E-state index in [0.29, 0.717) is 37.2 Å². The normalized spacial score (nSPS) is 15.0. The van der Waals surface area contributed by atoms with Gasteiger partial charge in [-0.25, -0.2) is 0 Å². The number of likely N-dealkylation sites (tertiary alicyclic amines) is 1. The van der Waals surface area contributed by atoms with Crippen LogP contribution < -0.4 is 10.1 Å². The molecule has 24 heavy (non-hydrogen) atoms. The van der Waals surface area contributed by atoms with Crippen molar-refractivity contribution >= 4 is 17.6 Å². The summed E-state index contributed by atoms with van der Waals surface area (Å²) in [6.07, 6.45) is 1.94. The van der Waals surface area contributed by atoms with Crippen molar-refractivity contribution in [3.63, 3.8) is 0 Å². The molecule has 2 amide bonds. The van der Waals surface area contributed by atoms with E-state index >= 15 is 0 Å². The van der Waals surface area contributed by atoms with Gasteiger partial charge < -0.3 is 19.7 Å². The Labute approximate surface area is 142 Å². The number of para-hydroxylation sites is 1. The van der Waals surface area contributed by atoms with Gasteiger partial charge in [0.15, 0.2) is 0 Å². The second-order valence-electron chi connectivity index (χ2n) is 6.04. The third kappa shape index (κ3) is 4.81. The molecule has 1 saturated heterocycles. The molecule has 1 aromatic rings. The number of methoxy groups -OCH3 is 1. The van der Waals surface area contributed by atoms with Crippen molar-refractivity contribution < 1.29 is 19.1 Å². The van der Waals surface area contributed by atoms with Crippen molar-refractivity contribution in [1.29, 1.82) is 0 Å². The zero-order valence-electron chi connectivity index (χ0n) is 14.2. The van der Waals surface area contributed by atoms with Crippen LogP contribution in [0.3, 0.4) is 0 Å². The molecule has 0 saturated carbocycles. The highest BCUT2D eigenvalue weighted by atomic mass is 16.5. The molecule has 0 aliphatic carbocycles. The Morgan fingerprint density at radius 3 is 2.46 bits per heavy atom. The van der Waals surface area contributed by atoms with Crippen molar-refractivity contribution in [3.8, 4) is 5.75 Å². The SMILES string of the molecule is COc1ccccc1C(=O)N1CCC(NC(=O)CCC(C)=O)CC1. The first-order valence-corrected chi connectivity index (χ1v) is 8.22. The van der Waals surface area contributed by atoms with Crippen LogP contribution >= 0.6 is 0 Å². The fraction of sp³-hybridized carbons (Fsp3) is 0.500. The van der Waals surface area contributed by atoms with Crippen LogP contribution in [0, 0.1) is 0 Å². The summed E-state index contributed by atoms with van der Waals surface area (Å²) in [6.45, 7) is 2.66. The molecule has 0 radical (unpaired) electrons. The quantitative estimate of drug-likeness (QED) is 0.862. The van der Waals surface area contributed by atoms with E-state index < -0.39 is 0 Å². The van der Waals surface area contributed by atoms with Gasteiger partial charge in [-0.15, -0.1) is 0 Å². The van der Waals surface area contributed by atoms with Crippen molar-refractivity contribution in [1.82, 2.24) is 10.2 Å². The molecule has 0 bridgehead atoms. The first kappa shape index (κ1) is 18.0. The number of hydrogen-bond donors (Lipinski definition) is 1. The van der Waals surface area contributed by atoms with E-state index in [4.69, 9.17) is 4.74 Å². The number of nitrogens with one attached hydrogen (secondary N) is 1. The topological polar surface area (TPSA) is 75.7 Å². The predicted octanol–water partition coefficient (Wildman–Crippen LogP) is 1.79. The maximum atomic E-state index is 12.6. The third-order valence-corrected chi connectivity index (χ3v) is 4.19. The number of benzene rings is 1. The molecule has 130 valence electrons. The highest BCUT2D eigenvalue weighted by Gasteiger charge is 2.26. The number of rotatable bonds is 6. The first-order valence-electron chi connectivity index (χ1n) is 8.22. The van der Waals surface area contributed by atoms with Gasteiger partial charge in [0, 0.05) is 32.0 Å². The summed E-state index contributed by atoms with van der Waals surface area (Å²) in [5.74, 6) is 0.443. The lowest BCUT2D eigenvalue weighted by molar-refractivity contribution is -0.125. The summed E-state index contributed by atoms with van der Waals surface area (Å²) in [7, 11) is 1.55. The Morgan fingerprint density at radius 1 is 1.17 bits per heavy atom. The molecular weight excluding hydrogens is 308 g/mol. The van der Waals surface area contributed by atoms with Gasteiger partial charge in [0.25, 0.3) is 5.91 Å². The molecule has 6 nitrogen and oxygen atoms in total. The molecule has 6 heteroatoms. The Bertz CT molecular complexity index is 607. The smallest absolute Gasteiger partial charge is 0.257 e. The molecule has 1 aliphatic heterocycles. The highest BCUT2D eigenvalue weighted by molar-refractivity contribution is 5.97. The summed E-state index contributed by atoms with van der Waals surface area (Å²) in [5, 5.41) is 2.94. The number of amides is 2. The molecule has 1 aliphatic rings. The van der Waals surface area contributed by atoms with E-state index in [1.165, 1.54) is 6.92 Å². The van der Waals surface area contributed by atoms with Gasteiger partial charge >= 0.3 is 0 Å². The van der Waals surface area contributed by atoms with Crippen LogP contribution in [-0.2, 0) is 9.59 Å². The largest absolute Gasteiger partial charge is 0.496 e. The molecule has 0 spiro atoms. The maximum Gasteiger partial charge on any atom is 0.257 e. The zero-order chi connectivity index (χ0) is 17.5. The van der Waals surface area contributed by atoms with Gasteiger partial charge in [-0.2, -0.15) is 0 Å². The van der Waals surface area contributed by atoms with Crippen molar-refractivity contribution in [3.05, 3.63) is 29.8 Å². The van der Waals surface area contributed by atoms with Gasteiger partial charge in [-0.3, -0.25) is 9.59 Å². The monoisotopic (exact) mass is 332 g/mol. The lowest BCUT2D eigenvalue weighted by atomic mass is 10.0. The number of hydrogen-bond acceptors (Lipinski definition) is 4. The molecule has 0 unspecified atom stereocenters. The maximum absolute atomic E-state index is 12.6. The lowest BCUT2D eigenvalue weighted by Crippen LogP contribution is -2.46. The van der Waals surface area contributed by atoms with Crippen LogP contribution in [0.25, 0.3) is 0 Å². The lowest BCUT2D eigenvalue weighted by Gasteiger charge is -2.32. The van der Waals surface area contributed by atoms with Gasteiger partial charge in [0.1, 0.15) is 11.5 Å². The summed E-state index contributed by atoms with van der Waals surface area (Å²) >= 11 is 0. The first-order chi connectivity index (χ1) is 11.5. The molecule has 0 aromatic heterocycles. The average Bonchev–Trinajstić information content (AvgIpc) is 2.60. The fourth-order valence-electron chi connectivity index (χ4n) is 2.81. The van der Waals surface area contributed by atoms with E-state index in [1.54, 1.807) is 24.1 Å². The molecule has 2 rings (SSSR count). The molecule has 1 heterocycles. The number of Topliss-reactive ketones (excluding diaryl/α,β-unsaturated/α-hetero) is 1. The summed E-state index contributed by atoms with van der Waals surface area (Å²) in [4.78, 5) is 37.1. The van der Waals surface area contributed by atoms with Crippen LogP contribution in [0.2, 0.25) is 0 Å². The Balaban J connectivity index is 1.85. The van der Waals surface area contributed by atoms with Gasteiger partial charge in [0.2, 0.25) is 5.91 Å². The Hall–Kier alpha value is -2.37. The molecule has 0 atom stereocenters. The summed E-state index contributed by atoms with van der Waals surface area (Å²) < 4.78 is 5.25.